The molecule has 20 heavy (non-hydrogen) atoms. The first-order chi connectivity index (χ1) is 9.49. The van der Waals surface area contributed by atoms with Crippen LogP contribution in [-0.2, 0) is 4.74 Å². The zero-order valence-electron chi connectivity index (χ0n) is 11.4. The first-order valence-corrected chi connectivity index (χ1v) is 6.23. The van der Waals surface area contributed by atoms with E-state index >= 15 is 0 Å². The fourth-order valence-corrected chi connectivity index (χ4v) is 1.20. The van der Waals surface area contributed by atoms with Crippen molar-refractivity contribution in [3.8, 4) is 0 Å². The van der Waals surface area contributed by atoms with Gasteiger partial charge in [0.15, 0.2) is 0 Å². The molecule has 0 saturated carbocycles. The molecule has 0 saturated heterocycles. The third-order valence-corrected chi connectivity index (χ3v) is 2.14. The molecule has 0 aliphatic rings. The summed E-state index contributed by atoms with van der Waals surface area (Å²) in [4.78, 5) is 33.6. The molecule has 0 spiro atoms. The van der Waals surface area contributed by atoms with E-state index in [2.05, 4.69) is 20.8 Å². The molecule has 1 aromatic heterocycles. The first-order valence-electron chi connectivity index (χ1n) is 6.23. The van der Waals surface area contributed by atoms with Crippen LogP contribution in [0.4, 0.5) is 4.79 Å². The summed E-state index contributed by atoms with van der Waals surface area (Å²) in [6, 6.07) is 2.53. The Kier molecular flexibility index (Phi) is 6.21. The Labute approximate surface area is 115 Å². The summed E-state index contributed by atoms with van der Waals surface area (Å²) in [6.07, 6.45) is -0.518. The van der Waals surface area contributed by atoms with E-state index in [1.807, 2.05) is 13.8 Å². The van der Waals surface area contributed by atoms with E-state index in [1.54, 1.807) is 0 Å². The summed E-state index contributed by atoms with van der Waals surface area (Å²) in [5.41, 5.74) is -0.275. The molecule has 0 fully saturated rings. The number of amides is 2. The number of H-pyrrole nitrogens is 1. The average molecular weight is 282 g/mol. The molecule has 1 aromatic rings. The third kappa shape index (κ3) is 5.98. The van der Waals surface area contributed by atoms with Crippen LogP contribution in [0.1, 0.15) is 24.3 Å². The smallest absolute Gasteiger partial charge is 0.407 e. The van der Waals surface area contributed by atoms with Crippen molar-refractivity contribution in [2.75, 3.05) is 19.7 Å². The maximum atomic E-state index is 11.6. The van der Waals surface area contributed by atoms with Crippen LogP contribution in [0.3, 0.4) is 0 Å². The van der Waals surface area contributed by atoms with E-state index in [0.717, 1.165) is 0 Å². The van der Waals surface area contributed by atoms with Crippen LogP contribution < -0.4 is 16.2 Å². The Hall–Kier alpha value is -2.38. The summed E-state index contributed by atoms with van der Waals surface area (Å²) >= 11 is 0. The van der Waals surface area contributed by atoms with Gasteiger partial charge >= 0.3 is 6.09 Å². The second kappa shape index (κ2) is 7.93. The van der Waals surface area contributed by atoms with Crippen LogP contribution in [-0.4, -0.2) is 41.9 Å². The SMILES string of the molecule is CC(C)COC(=O)NCCNC(=O)c1ccc(=O)[nH]n1. The molecule has 1 rings (SSSR count). The monoisotopic (exact) mass is 282 g/mol. The minimum absolute atomic E-state index is 0.104. The van der Waals surface area contributed by atoms with Gasteiger partial charge in [-0.25, -0.2) is 9.89 Å². The maximum Gasteiger partial charge on any atom is 0.407 e. The molecule has 8 heteroatoms. The van der Waals surface area contributed by atoms with Crippen molar-refractivity contribution < 1.29 is 14.3 Å². The molecule has 0 unspecified atom stereocenters. The number of hydrogen-bond donors (Lipinski definition) is 3. The quantitative estimate of drug-likeness (QED) is 0.630. The number of aromatic amines is 1. The highest BCUT2D eigenvalue weighted by atomic mass is 16.5. The third-order valence-electron chi connectivity index (χ3n) is 2.14. The van der Waals surface area contributed by atoms with Crippen molar-refractivity contribution in [3.05, 3.63) is 28.2 Å². The van der Waals surface area contributed by atoms with Gasteiger partial charge in [0.1, 0.15) is 5.69 Å². The maximum absolute atomic E-state index is 11.6. The fraction of sp³-hybridized carbons (Fsp3) is 0.500. The van der Waals surface area contributed by atoms with Crippen LogP contribution >= 0.6 is 0 Å². The molecule has 0 aromatic carbocycles. The standard InChI is InChI=1S/C12H18N4O4/c1-8(2)7-20-12(19)14-6-5-13-11(18)9-3-4-10(17)16-15-9/h3-4,8H,5-7H2,1-2H3,(H,13,18)(H,14,19)(H,16,17). The van der Waals surface area contributed by atoms with Crippen LogP contribution in [0.5, 0.6) is 0 Å². The Balaban J connectivity index is 2.21. The van der Waals surface area contributed by atoms with E-state index in [0.29, 0.717) is 6.61 Å². The second-order valence-corrected chi connectivity index (χ2v) is 4.48. The molecule has 2 amide bonds. The molecular formula is C12H18N4O4. The van der Waals surface area contributed by atoms with Crippen LogP contribution in [0, 0.1) is 5.92 Å². The van der Waals surface area contributed by atoms with Gasteiger partial charge in [0.25, 0.3) is 11.5 Å². The van der Waals surface area contributed by atoms with Crippen molar-refractivity contribution in [2.45, 2.75) is 13.8 Å². The predicted octanol–water partition coefficient (Wildman–Crippen LogP) is -0.118. The molecule has 0 atom stereocenters. The Morgan fingerprint density at radius 1 is 1.30 bits per heavy atom. The van der Waals surface area contributed by atoms with Gasteiger partial charge in [-0.1, -0.05) is 13.8 Å². The topological polar surface area (TPSA) is 113 Å². The van der Waals surface area contributed by atoms with Crippen molar-refractivity contribution in [1.29, 1.82) is 0 Å². The van der Waals surface area contributed by atoms with Crippen molar-refractivity contribution >= 4 is 12.0 Å². The Morgan fingerprint density at radius 2 is 2.00 bits per heavy atom. The fourth-order valence-electron chi connectivity index (χ4n) is 1.20. The average Bonchev–Trinajstić information content (AvgIpc) is 2.42. The molecule has 8 nitrogen and oxygen atoms in total. The molecule has 1 heterocycles. The number of carbonyl (C=O) groups excluding carboxylic acids is 2. The molecular weight excluding hydrogens is 264 g/mol. The Bertz CT molecular complexity index is 492. The summed E-state index contributed by atoms with van der Waals surface area (Å²) < 4.78 is 4.89. The number of ether oxygens (including phenoxy) is 1. The van der Waals surface area contributed by atoms with Gasteiger partial charge in [0, 0.05) is 19.2 Å². The molecule has 3 N–H and O–H groups in total. The predicted molar refractivity (Wildman–Crippen MR) is 71.4 cm³/mol. The number of hydrogen-bond acceptors (Lipinski definition) is 5. The van der Waals surface area contributed by atoms with E-state index < -0.39 is 12.0 Å². The van der Waals surface area contributed by atoms with Crippen molar-refractivity contribution in [2.24, 2.45) is 5.92 Å². The van der Waals surface area contributed by atoms with Gasteiger partial charge in [-0.3, -0.25) is 9.59 Å². The Morgan fingerprint density at radius 3 is 2.60 bits per heavy atom. The first kappa shape index (κ1) is 15.7. The minimum atomic E-state index is -0.518. The number of alkyl carbamates (subject to hydrolysis) is 1. The van der Waals surface area contributed by atoms with Crippen LogP contribution in [0.15, 0.2) is 16.9 Å². The minimum Gasteiger partial charge on any atom is -0.449 e. The van der Waals surface area contributed by atoms with Gasteiger partial charge in [0.2, 0.25) is 0 Å². The van der Waals surface area contributed by atoms with Gasteiger partial charge < -0.3 is 15.4 Å². The highest BCUT2D eigenvalue weighted by molar-refractivity contribution is 5.91. The normalized spacial score (nSPS) is 10.2. The molecule has 0 radical (unpaired) electrons. The van der Waals surface area contributed by atoms with Gasteiger partial charge in [-0.15, -0.1) is 0 Å². The highest BCUT2D eigenvalue weighted by Crippen LogP contribution is 1.92. The second-order valence-electron chi connectivity index (χ2n) is 4.48. The number of nitrogens with zero attached hydrogens (tertiary/aromatic N) is 1. The van der Waals surface area contributed by atoms with Crippen molar-refractivity contribution in [1.82, 2.24) is 20.8 Å². The summed E-state index contributed by atoms with van der Waals surface area (Å²) in [5.74, 6) is -0.162. The highest BCUT2D eigenvalue weighted by Gasteiger charge is 2.07. The lowest BCUT2D eigenvalue weighted by Gasteiger charge is -2.09. The van der Waals surface area contributed by atoms with Gasteiger partial charge in [0.05, 0.1) is 6.61 Å². The lowest BCUT2D eigenvalue weighted by atomic mass is 10.2. The summed E-state index contributed by atoms with van der Waals surface area (Å²) in [5, 5.41) is 10.8. The number of nitrogens with one attached hydrogen (secondary N) is 3. The number of aromatic nitrogens is 2. The largest absolute Gasteiger partial charge is 0.449 e. The zero-order valence-corrected chi connectivity index (χ0v) is 11.4. The summed E-state index contributed by atoms with van der Waals surface area (Å²) in [6.45, 7) is 4.69. The molecule has 0 aliphatic heterocycles. The van der Waals surface area contributed by atoms with E-state index in [4.69, 9.17) is 4.74 Å². The number of rotatable bonds is 6. The lowest BCUT2D eigenvalue weighted by Crippen LogP contribution is -2.35. The van der Waals surface area contributed by atoms with Crippen molar-refractivity contribution in [3.63, 3.8) is 0 Å². The summed E-state index contributed by atoms with van der Waals surface area (Å²) in [7, 11) is 0. The van der Waals surface area contributed by atoms with E-state index in [1.165, 1.54) is 12.1 Å². The van der Waals surface area contributed by atoms with Crippen LogP contribution in [0.25, 0.3) is 0 Å². The van der Waals surface area contributed by atoms with Gasteiger partial charge in [-0.2, -0.15) is 5.10 Å². The zero-order chi connectivity index (χ0) is 15.0. The van der Waals surface area contributed by atoms with Crippen LogP contribution in [0.2, 0.25) is 0 Å². The van der Waals surface area contributed by atoms with E-state index in [9.17, 15) is 14.4 Å². The number of carbonyl (C=O) groups is 2. The molecule has 0 aliphatic carbocycles. The van der Waals surface area contributed by atoms with Gasteiger partial charge in [-0.05, 0) is 12.0 Å². The molecule has 110 valence electrons. The van der Waals surface area contributed by atoms with E-state index in [-0.39, 0.29) is 30.3 Å². The molecule has 0 bridgehead atoms. The lowest BCUT2D eigenvalue weighted by molar-refractivity contribution is 0.0945.